The van der Waals surface area contributed by atoms with Gasteiger partial charge in [0.15, 0.2) is 0 Å². The van der Waals surface area contributed by atoms with Crippen LogP contribution in [-0.2, 0) is 5.41 Å². The van der Waals surface area contributed by atoms with Gasteiger partial charge in [0, 0.05) is 18.3 Å². The van der Waals surface area contributed by atoms with E-state index in [0.717, 1.165) is 5.82 Å². The van der Waals surface area contributed by atoms with Crippen LogP contribution in [0.2, 0.25) is 0 Å². The van der Waals surface area contributed by atoms with Crippen LogP contribution in [0.3, 0.4) is 0 Å². The molecule has 0 unspecified atom stereocenters. The second-order valence-corrected chi connectivity index (χ2v) is 4.85. The van der Waals surface area contributed by atoms with Gasteiger partial charge in [-0.3, -0.25) is 0 Å². The van der Waals surface area contributed by atoms with E-state index in [-0.39, 0.29) is 5.41 Å². The van der Waals surface area contributed by atoms with Crippen molar-refractivity contribution in [2.45, 2.75) is 44.9 Å². The van der Waals surface area contributed by atoms with Gasteiger partial charge in [0.1, 0.15) is 5.82 Å². The van der Waals surface area contributed by atoms with E-state index in [1.165, 1.54) is 18.4 Å². The molecule has 13 heavy (non-hydrogen) atoms. The van der Waals surface area contributed by atoms with Crippen LogP contribution in [0, 0.1) is 0 Å². The van der Waals surface area contributed by atoms with Gasteiger partial charge in [0.05, 0.1) is 0 Å². The van der Waals surface area contributed by atoms with Gasteiger partial charge in [-0.15, -0.1) is 0 Å². The molecule has 1 saturated carbocycles. The molecule has 1 heterocycles. The van der Waals surface area contributed by atoms with Gasteiger partial charge in [0.25, 0.3) is 0 Å². The molecular weight excluding hydrogens is 160 g/mol. The summed E-state index contributed by atoms with van der Waals surface area (Å²) in [4.78, 5) is 8.79. The van der Waals surface area contributed by atoms with Gasteiger partial charge in [0.2, 0.25) is 0 Å². The Morgan fingerprint density at radius 2 is 1.69 bits per heavy atom. The summed E-state index contributed by atoms with van der Waals surface area (Å²) in [6.45, 7) is 6.55. The van der Waals surface area contributed by atoms with Crippen LogP contribution >= 0.6 is 0 Å². The number of nitrogens with zero attached hydrogens (tertiary/aromatic N) is 2. The monoisotopic (exact) mass is 176 g/mol. The van der Waals surface area contributed by atoms with Crippen molar-refractivity contribution in [3.05, 3.63) is 23.8 Å². The fraction of sp³-hybridized carbons (Fsp3) is 0.636. The van der Waals surface area contributed by atoms with Gasteiger partial charge >= 0.3 is 0 Å². The lowest BCUT2D eigenvalue weighted by atomic mass is 9.89. The van der Waals surface area contributed by atoms with E-state index in [2.05, 4.69) is 30.7 Å². The maximum atomic E-state index is 4.40. The van der Waals surface area contributed by atoms with Crippen LogP contribution in [0.5, 0.6) is 0 Å². The van der Waals surface area contributed by atoms with E-state index >= 15 is 0 Å². The average molecular weight is 176 g/mol. The van der Waals surface area contributed by atoms with E-state index in [9.17, 15) is 0 Å². The fourth-order valence-electron chi connectivity index (χ4n) is 1.28. The van der Waals surface area contributed by atoms with Crippen molar-refractivity contribution < 1.29 is 0 Å². The molecule has 1 aliphatic carbocycles. The molecule has 0 N–H and O–H groups in total. The van der Waals surface area contributed by atoms with E-state index in [1.807, 2.05) is 12.4 Å². The first-order chi connectivity index (χ1) is 6.07. The van der Waals surface area contributed by atoms with Crippen molar-refractivity contribution in [3.63, 3.8) is 0 Å². The molecule has 2 heteroatoms. The maximum Gasteiger partial charge on any atom is 0.131 e. The van der Waals surface area contributed by atoms with Crippen LogP contribution in [0.1, 0.15) is 50.9 Å². The van der Waals surface area contributed by atoms with Gasteiger partial charge in [-0.25, -0.2) is 9.97 Å². The second kappa shape index (κ2) is 2.79. The zero-order chi connectivity index (χ0) is 9.47. The molecule has 0 bridgehead atoms. The standard InChI is InChI=1S/C11H16N2/c1-11(2,3)9-6-12-10(13-7-9)8-4-5-8/h6-8H,4-5H2,1-3H3. The molecule has 1 aliphatic rings. The van der Waals surface area contributed by atoms with E-state index in [0.29, 0.717) is 5.92 Å². The summed E-state index contributed by atoms with van der Waals surface area (Å²) in [5.41, 5.74) is 1.39. The molecule has 2 rings (SSSR count). The molecule has 70 valence electrons. The molecule has 1 aromatic heterocycles. The van der Waals surface area contributed by atoms with Gasteiger partial charge < -0.3 is 0 Å². The van der Waals surface area contributed by atoms with E-state index < -0.39 is 0 Å². The third kappa shape index (κ3) is 1.87. The summed E-state index contributed by atoms with van der Waals surface area (Å²) in [6.07, 6.45) is 6.49. The predicted octanol–water partition coefficient (Wildman–Crippen LogP) is 2.65. The first-order valence-corrected chi connectivity index (χ1v) is 4.90. The highest BCUT2D eigenvalue weighted by molar-refractivity contribution is 5.17. The molecule has 0 aliphatic heterocycles. The largest absolute Gasteiger partial charge is 0.241 e. The van der Waals surface area contributed by atoms with Gasteiger partial charge in [-0.1, -0.05) is 20.8 Å². The van der Waals surface area contributed by atoms with Crippen LogP contribution in [0.25, 0.3) is 0 Å². The Labute approximate surface area is 79.4 Å². The minimum absolute atomic E-state index is 0.169. The normalized spacial score (nSPS) is 17.5. The Morgan fingerprint density at radius 1 is 1.15 bits per heavy atom. The number of aromatic nitrogens is 2. The molecule has 0 aromatic carbocycles. The summed E-state index contributed by atoms with van der Waals surface area (Å²) in [6, 6.07) is 0. The Hall–Kier alpha value is -0.920. The minimum atomic E-state index is 0.169. The SMILES string of the molecule is CC(C)(C)c1cnc(C2CC2)nc1. The highest BCUT2D eigenvalue weighted by Crippen LogP contribution is 2.37. The number of rotatable bonds is 1. The third-order valence-electron chi connectivity index (χ3n) is 2.48. The molecule has 2 nitrogen and oxygen atoms in total. The summed E-state index contributed by atoms with van der Waals surface area (Å²) >= 11 is 0. The van der Waals surface area contributed by atoms with E-state index in [1.54, 1.807) is 0 Å². The topological polar surface area (TPSA) is 25.8 Å². The highest BCUT2D eigenvalue weighted by atomic mass is 14.9. The molecule has 0 atom stereocenters. The Morgan fingerprint density at radius 3 is 2.08 bits per heavy atom. The van der Waals surface area contributed by atoms with Crippen molar-refractivity contribution in [1.82, 2.24) is 9.97 Å². The molecule has 0 spiro atoms. The smallest absolute Gasteiger partial charge is 0.131 e. The summed E-state index contributed by atoms with van der Waals surface area (Å²) in [7, 11) is 0. The Kier molecular flexibility index (Phi) is 1.86. The first-order valence-electron chi connectivity index (χ1n) is 4.90. The van der Waals surface area contributed by atoms with Gasteiger partial charge in [-0.2, -0.15) is 0 Å². The first kappa shape index (κ1) is 8.67. The van der Waals surface area contributed by atoms with E-state index in [4.69, 9.17) is 0 Å². The number of hydrogen-bond acceptors (Lipinski definition) is 2. The fourth-order valence-corrected chi connectivity index (χ4v) is 1.28. The van der Waals surface area contributed by atoms with Crippen molar-refractivity contribution >= 4 is 0 Å². The van der Waals surface area contributed by atoms with Gasteiger partial charge in [-0.05, 0) is 23.8 Å². The molecule has 1 aromatic rings. The van der Waals surface area contributed by atoms with Crippen molar-refractivity contribution in [1.29, 1.82) is 0 Å². The average Bonchev–Trinajstić information content (AvgIpc) is 2.85. The summed E-state index contributed by atoms with van der Waals surface area (Å²) in [5, 5.41) is 0. The van der Waals surface area contributed by atoms with Crippen LogP contribution in [-0.4, -0.2) is 9.97 Å². The Bertz CT molecular complexity index is 291. The summed E-state index contributed by atoms with van der Waals surface area (Å²) in [5.74, 6) is 1.70. The molecular formula is C11H16N2. The van der Waals surface area contributed by atoms with Crippen molar-refractivity contribution in [3.8, 4) is 0 Å². The lowest BCUT2D eigenvalue weighted by Crippen LogP contribution is -2.12. The predicted molar refractivity (Wildman–Crippen MR) is 52.7 cm³/mol. The second-order valence-electron chi connectivity index (χ2n) is 4.85. The Balaban J connectivity index is 2.22. The lowest BCUT2D eigenvalue weighted by Gasteiger charge is -2.17. The highest BCUT2D eigenvalue weighted by Gasteiger charge is 2.26. The zero-order valence-electron chi connectivity index (χ0n) is 8.54. The van der Waals surface area contributed by atoms with Crippen LogP contribution < -0.4 is 0 Å². The third-order valence-corrected chi connectivity index (χ3v) is 2.48. The van der Waals surface area contributed by atoms with Crippen molar-refractivity contribution in [2.24, 2.45) is 0 Å². The number of hydrogen-bond donors (Lipinski definition) is 0. The molecule has 0 saturated heterocycles. The van der Waals surface area contributed by atoms with Crippen molar-refractivity contribution in [2.75, 3.05) is 0 Å². The van der Waals surface area contributed by atoms with Crippen LogP contribution in [0.4, 0.5) is 0 Å². The minimum Gasteiger partial charge on any atom is -0.241 e. The quantitative estimate of drug-likeness (QED) is 0.657. The molecule has 0 amide bonds. The lowest BCUT2D eigenvalue weighted by molar-refractivity contribution is 0.582. The molecule has 1 fully saturated rings. The maximum absolute atomic E-state index is 4.40. The zero-order valence-corrected chi connectivity index (χ0v) is 8.54. The van der Waals surface area contributed by atoms with Crippen LogP contribution in [0.15, 0.2) is 12.4 Å². The molecule has 0 radical (unpaired) electrons. The summed E-state index contributed by atoms with van der Waals surface area (Å²) < 4.78 is 0.